The van der Waals surface area contributed by atoms with E-state index < -0.39 is 16.4 Å². The van der Waals surface area contributed by atoms with Gasteiger partial charge >= 0.3 is 5.69 Å². The lowest BCUT2D eigenvalue weighted by atomic mass is 10.2. The van der Waals surface area contributed by atoms with E-state index in [1.165, 1.54) is 12.1 Å². The van der Waals surface area contributed by atoms with Crippen molar-refractivity contribution >= 4 is 55.6 Å². The molecule has 0 aliphatic heterocycles. The number of nitrogens with one attached hydrogen (secondary N) is 1. The molecule has 0 aliphatic carbocycles. The predicted molar refractivity (Wildman–Crippen MR) is 83.2 cm³/mol. The zero-order valence-corrected chi connectivity index (χ0v) is 13.1. The number of halogens is 3. The van der Waals surface area contributed by atoms with Crippen LogP contribution in [0, 0.1) is 19.5 Å². The summed E-state index contributed by atoms with van der Waals surface area (Å²) in [5.74, 6) is -0.864. The summed E-state index contributed by atoms with van der Waals surface area (Å²) in [4.78, 5) is 10.2. The highest BCUT2D eigenvalue weighted by Gasteiger charge is 2.20. The molecular weight excluding hydrogens is 430 g/mol. The average Bonchev–Trinajstić information content (AvgIpc) is 2.33. The summed E-state index contributed by atoms with van der Waals surface area (Å²) in [6.07, 6.45) is 0. The summed E-state index contributed by atoms with van der Waals surface area (Å²) in [5.41, 5.74) is 0.196. The van der Waals surface area contributed by atoms with Crippen molar-refractivity contribution in [3.63, 3.8) is 0 Å². The molecule has 0 atom stereocenters. The van der Waals surface area contributed by atoms with Crippen molar-refractivity contribution in [3.8, 4) is 0 Å². The number of benzene rings is 2. The molecule has 19 heavy (non-hydrogen) atoms. The fourth-order valence-electron chi connectivity index (χ4n) is 1.54. The molecule has 1 N–H and O–H groups in total. The SMILES string of the molecule is O=[N+]([O-])c1c(F)cccc1Nc1cc(I)ccc1Br. The van der Waals surface area contributed by atoms with Crippen LogP contribution in [0.1, 0.15) is 0 Å². The van der Waals surface area contributed by atoms with Crippen LogP contribution in [0.5, 0.6) is 0 Å². The summed E-state index contributed by atoms with van der Waals surface area (Å²) in [5, 5.41) is 13.8. The van der Waals surface area contributed by atoms with E-state index in [0.717, 1.165) is 14.1 Å². The van der Waals surface area contributed by atoms with Gasteiger partial charge in [-0.15, -0.1) is 0 Å². The molecule has 0 fully saturated rings. The Morgan fingerprint density at radius 2 is 2.00 bits per heavy atom. The predicted octanol–water partition coefficient (Wildman–Crippen LogP) is 4.84. The highest BCUT2D eigenvalue weighted by molar-refractivity contribution is 14.1. The van der Waals surface area contributed by atoms with Crippen LogP contribution < -0.4 is 5.32 Å². The van der Waals surface area contributed by atoms with Gasteiger partial charge in [-0.2, -0.15) is 4.39 Å². The summed E-state index contributed by atoms with van der Waals surface area (Å²) in [7, 11) is 0. The second-order valence-corrected chi connectivity index (χ2v) is 5.74. The van der Waals surface area contributed by atoms with Crippen LogP contribution in [0.4, 0.5) is 21.5 Å². The van der Waals surface area contributed by atoms with Crippen molar-refractivity contribution in [2.45, 2.75) is 0 Å². The molecular formula is C12H7BrFIN2O2. The summed E-state index contributed by atoms with van der Waals surface area (Å²) < 4.78 is 15.2. The molecule has 0 saturated heterocycles. The number of hydrogen-bond donors (Lipinski definition) is 1. The van der Waals surface area contributed by atoms with Crippen molar-refractivity contribution in [3.05, 3.63) is 60.4 Å². The van der Waals surface area contributed by atoms with E-state index in [0.29, 0.717) is 5.69 Å². The number of hydrogen-bond acceptors (Lipinski definition) is 3. The maximum atomic E-state index is 13.5. The zero-order chi connectivity index (χ0) is 14.0. The van der Waals surface area contributed by atoms with E-state index in [2.05, 4.69) is 43.8 Å². The smallest absolute Gasteiger partial charge is 0.327 e. The number of rotatable bonds is 3. The van der Waals surface area contributed by atoms with Crippen molar-refractivity contribution in [2.75, 3.05) is 5.32 Å². The van der Waals surface area contributed by atoms with Crippen LogP contribution in [-0.2, 0) is 0 Å². The summed E-state index contributed by atoms with van der Waals surface area (Å²) in [6.45, 7) is 0. The molecule has 2 aromatic rings. The van der Waals surface area contributed by atoms with Gasteiger partial charge in [0.15, 0.2) is 0 Å². The van der Waals surface area contributed by atoms with E-state index in [-0.39, 0.29) is 5.69 Å². The van der Waals surface area contributed by atoms with Gasteiger partial charge in [0.2, 0.25) is 5.82 Å². The van der Waals surface area contributed by atoms with Gasteiger partial charge in [0.25, 0.3) is 0 Å². The largest absolute Gasteiger partial charge is 0.349 e. The van der Waals surface area contributed by atoms with Crippen molar-refractivity contribution in [1.29, 1.82) is 0 Å². The van der Waals surface area contributed by atoms with Gasteiger partial charge in [0, 0.05) is 8.04 Å². The maximum absolute atomic E-state index is 13.5. The van der Waals surface area contributed by atoms with Crippen molar-refractivity contribution in [1.82, 2.24) is 0 Å². The molecule has 2 aromatic carbocycles. The lowest BCUT2D eigenvalue weighted by Crippen LogP contribution is -2.00. The van der Waals surface area contributed by atoms with Gasteiger partial charge in [0.1, 0.15) is 5.69 Å². The van der Waals surface area contributed by atoms with Gasteiger partial charge in [0.05, 0.1) is 10.6 Å². The van der Waals surface area contributed by atoms with Crippen molar-refractivity contribution in [2.24, 2.45) is 0 Å². The van der Waals surface area contributed by atoms with Gasteiger partial charge < -0.3 is 5.32 Å². The monoisotopic (exact) mass is 436 g/mol. The van der Waals surface area contributed by atoms with E-state index in [1.807, 2.05) is 12.1 Å². The molecule has 0 unspecified atom stereocenters. The molecule has 0 aliphatic rings. The molecule has 98 valence electrons. The van der Waals surface area contributed by atoms with Crippen LogP contribution in [0.3, 0.4) is 0 Å². The molecule has 0 bridgehead atoms. The second-order valence-electron chi connectivity index (χ2n) is 3.64. The summed E-state index contributed by atoms with van der Waals surface area (Å²) in [6, 6.07) is 9.46. The van der Waals surface area contributed by atoms with Crippen LogP contribution in [-0.4, -0.2) is 4.92 Å². The van der Waals surface area contributed by atoms with Crippen LogP contribution in [0.15, 0.2) is 40.9 Å². The zero-order valence-electron chi connectivity index (χ0n) is 9.36. The van der Waals surface area contributed by atoms with Gasteiger partial charge in [-0.1, -0.05) is 6.07 Å². The first-order valence-corrected chi connectivity index (χ1v) is 7.01. The van der Waals surface area contributed by atoms with Crippen LogP contribution in [0.25, 0.3) is 0 Å². The lowest BCUT2D eigenvalue weighted by molar-refractivity contribution is -0.386. The number of nitro groups is 1. The minimum Gasteiger partial charge on any atom is -0.349 e. The average molecular weight is 437 g/mol. The lowest BCUT2D eigenvalue weighted by Gasteiger charge is -2.09. The molecule has 2 rings (SSSR count). The fourth-order valence-corrected chi connectivity index (χ4v) is 2.38. The van der Waals surface area contributed by atoms with Crippen molar-refractivity contribution < 1.29 is 9.31 Å². The number of nitrogens with zero attached hydrogens (tertiary/aromatic N) is 1. The van der Waals surface area contributed by atoms with E-state index in [1.54, 1.807) is 6.07 Å². The first kappa shape index (κ1) is 14.2. The van der Waals surface area contributed by atoms with Gasteiger partial charge in [-0.25, -0.2) is 0 Å². The third-order valence-corrected chi connectivity index (χ3v) is 3.73. The molecule has 0 aromatic heterocycles. The Labute approximate surface area is 130 Å². The minimum atomic E-state index is -0.864. The molecule has 4 nitrogen and oxygen atoms in total. The molecule has 0 heterocycles. The first-order chi connectivity index (χ1) is 8.99. The molecule has 0 radical (unpaired) electrons. The molecule has 7 heteroatoms. The number of anilines is 2. The van der Waals surface area contributed by atoms with E-state index in [4.69, 9.17) is 0 Å². The van der Waals surface area contributed by atoms with E-state index in [9.17, 15) is 14.5 Å². The minimum absolute atomic E-state index is 0.118. The normalized spacial score (nSPS) is 10.3. The molecule has 0 amide bonds. The fraction of sp³-hybridized carbons (Fsp3) is 0. The Hall–Kier alpha value is -1.22. The van der Waals surface area contributed by atoms with Gasteiger partial charge in [-0.05, 0) is 68.9 Å². The quantitative estimate of drug-likeness (QED) is 0.425. The topological polar surface area (TPSA) is 55.2 Å². The third kappa shape index (κ3) is 3.21. The van der Waals surface area contributed by atoms with Gasteiger partial charge in [-0.3, -0.25) is 10.1 Å². The summed E-state index contributed by atoms with van der Waals surface area (Å²) >= 11 is 5.46. The Bertz CT molecular complexity index is 652. The Balaban J connectivity index is 2.46. The highest BCUT2D eigenvalue weighted by atomic mass is 127. The Kier molecular flexibility index (Phi) is 4.35. The third-order valence-electron chi connectivity index (χ3n) is 2.37. The second kappa shape index (κ2) is 5.83. The Morgan fingerprint density at radius 3 is 2.68 bits per heavy atom. The molecule has 0 spiro atoms. The number of nitro benzene ring substituents is 1. The first-order valence-electron chi connectivity index (χ1n) is 5.14. The highest BCUT2D eigenvalue weighted by Crippen LogP contribution is 2.33. The standard InChI is InChI=1S/C12H7BrFIN2O2/c13-8-5-4-7(15)6-11(8)16-10-3-1-2-9(14)12(10)17(18)19/h1-6,16H. The Morgan fingerprint density at radius 1 is 1.26 bits per heavy atom. The van der Waals surface area contributed by atoms with E-state index >= 15 is 0 Å². The maximum Gasteiger partial charge on any atom is 0.327 e. The van der Waals surface area contributed by atoms with Crippen LogP contribution in [0.2, 0.25) is 0 Å². The number of para-hydroxylation sites is 1. The molecule has 0 saturated carbocycles. The van der Waals surface area contributed by atoms with Crippen LogP contribution >= 0.6 is 38.5 Å².